The van der Waals surface area contributed by atoms with Crippen molar-refractivity contribution in [1.29, 1.82) is 0 Å². The first kappa shape index (κ1) is 29.4. The number of fused-ring (bicyclic) bond motifs is 2. The zero-order valence-corrected chi connectivity index (χ0v) is 25.0. The van der Waals surface area contributed by atoms with Crippen LogP contribution in [0, 0.1) is 28.7 Å². The molecule has 1 heteroatoms. The summed E-state index contributed by atoms with van der Waals surface area (Å²) >= 11 is 0. The molecule has 0 aliphatic carbocycles. The van der Waals surface area contributed by atoms with Crippen LogP contribution in [-0.4, -0.2) is 0 Å². The first-order valence-corrected chi connectivity index (χ1v) is 12.5. The van der Waals surface area contributed by atoms with E-state index in [9.17, 15) is 0 Å². The molecular formula is C37H36Ti. The minimum atomic E-state index is -0.173. The van der Waals surface area contributed by atoms with Crippen LogP contribution in [0.15, 0.2) is 109 Å². The van der Waals surface area contributed by atoms with E-state index in [1.54, 1.807) is 0 Å². The van der Waals surface area contributed by atoms with Gasteiger partial charge in [0.05, 0.1) is 0 Å². The molecule has 0 amide bonds. The summed E-state index contributed by atoms with van der Waals surface area (Å²) in [6.45, 7) is 9.40. The van der Waals surface area contributed by atoms with Gasteiger partial charge in [-0.15, -0.1) is 80.2 Å². The van der Waals surface area contributed by atoms with Crippen molar-refractivity contribution >= 4 is 21.5 Å². The molecule has 0 radical (unpaired) electrons. The van der Waals surface area contributed by atoms with Gasteiger partial charge in [0.15, 0.2) is 0 Å². The SMILES string of the molecule is Cc1[cH-]c2cccc(-c3ccccc3)c2c1C(C)(C)c1c(C)[cH-]c2cccc(-c3ccccc3)c12.[CH3-].[CH3-].[Ti+4]. The molecule has 0 nitrogen and oxygen atoms in total. The third kappa shape index (κ3) is 4.62. The summed E-state index contributed by atoms with van der Waals surface area (Å²) in [6.07, 6.45) is 0. The molecule has 0 heterocycles. The van der Waals surface area contributed by atoms with Gasteiger partial charge in [-0.1, -0.05) is 117 Å². The van der Waals surface area contributed by atoms with Crippen molar-refractivity contribution in [3.8, 4) is 22.3 Å². The Balaban J connectivity index is 0.00000133. The van der Waals surface area contributed by atoms with Crippen LogP contribution in [0.25, 0.3) is 43.8 Å². The molecule has 0 aromatic heterocycles. The predicted octanol–water partition coefficient (Wildman–Crippen LogP) is 10.6. The number of rotatable bonds is 4. The average Bonchev–Trinajstić information content (AvgIpc) is 3.41. The first-order valence-electron chi connectivity index (χ1n) is 12.5. The van der Waals surface area contributed by atoms with E-state index in [0.29, 0.717) is 0 Å². The minimum Gasteiger partial charge on any atom is -0.358 e. The standard InChI is InChI=1S/C35H30.2CH3.Ti/c1-23-21-27-17-11-19-29(25-13-7-5-8-14-25)31(27)33(23)35(3,4)34-24(2)22-28-18-12-20-30(32(28)34)26-15-9-6-10-16-26;;;/h5-22H,1-4H3;2*1H3;/q-2;2*-1;+4. The number of benzene rings is 4. The topological polar surface area (TPSA) is 0 Å². The van der Waals surface area contributed by atoms with Crippen LogP contribution in [0.4, 0.5) is 0 Å². The van der Waals surface area contributed by atoms with Gasteiger partial charge in [-0.25, -0.2) is 0 Å². The van der Waals surface area contributed by atoms with E-state index in [4.69, 9.17) is 0 Å². The second kappa shape index (κ2) is 11.3. The molecule has 0 saturated heterocycles. The maximum Gasteiger partial charge on any atom is 4.00 e. The van der Waals surface area contributed by atoms with E-state index in [2.05, 4.69) is 137 Å². The number of aryl methyl sites for hydroxylation is 2. The summed E-state index contributed by atoms with van der Waals surface area (Å²) in [4.78, 5) is 0. The van der Waals surface area contributed by atoms with E-state index >= 15 is 0 Å². The fourth-order valence-corrected chi connectivity index (χ4v) is 6.40. The van der Waals surface area contributed by atoms with Gasteiger partial charge in [0.1, 0.15) is 0 Å². The van der Waals surface area contributed by atoms with Gasteiger partial charge >= 0.3 is 21.7 Å². The van der Waals surface area contributed by atoms with Crippen LogP contribution in [0.3, 0.4) is 0 Å². The summed E-state index contributed by atoms with van der Waals surface area (Å²) in [6, 6.07) is 39.8. The van der Waals surface area contributed by atoms with Gasteiger partial charge in [-0.3, -0.25) is 0 Å². The van der Waals surface area contributed by atoms with Crippen LogP contribution in [-0.2, 0) is 27.1 Å². The van der Waals surface area contributed by atoms with Crippen molar-refractivity contribution < 1.29 is 21.7 Å². The minimum absolute atomic E-state index is 0. The summed E-state index contributed by atoms with van der Waals surface area (Å²) in [5, 5.41) is 5.41. The summed E-state index contributed by atoms with van der Waals surface area (Å²) in [5.74, 6) is 0. The smallest absolute Gasteiger partial charge is 0.358 e. The molecular weight excluding hydrogens is 492 g/mol. The molecule has 0 N–H and O–H groups in total. The van der Waals surface area contributed by atoms with Crippen molar-refractivity contribution in [2.75, 3.05) is 0 Å². The number of hydrogen-bond donors (Lipinski definition) is 0. The second-order valence-electron chi connectivity index (χ2n) is 10.3. The molecule has 0 atom stereocenters. The fourth-order valence-electron chi connectivity index (χ4n) is 6.40. The average molecular weight is 529 g/mol. The Bertz CT molecular complexity index is 1540. The van der Waals surface area contributed by atoms with Crippen molar-refractivity contribution in [1.82, 2.24) is 0 Å². The molecule has 0 aliphatic rings. The van der Waals surface area contributed by atoms with Crippen molar-refractivity contribution in [2.24, 2.45) is 0 Å². The monoisotopic (exact) mass is 528 g/mol. The largest absolute Gasteiger partial charge is 4.00 e. The van der Waals surface area contributed by atoms with Crippen LogP contribution in [0.1, 0.15) is 36.1 Å². The van der Waals surface area contributed by atoms with Crippen LogP contribution in [0.5, 0.6) is 0 Å². The van der Waals surface area contributed by atoms with Crippen LogP contribution in [0.2, 0.25) is 0 Å². The molecule has 188 valence electrons. The maximum atomic E-state index is 2.42. The van der Waals surface area contributed by atoms with Gasteiger partial charge in [0.2, 0.25) is 0 Å². The van der Waals surface area contributed by atoms with Gasteiger partial charge < -0.3 is 14.9 Å². The van der Waals surface area contributed by atoms with Gasteiger partial charge in [-0.05, 0) is 11.1 Å². The molecule has 6 rings (SSSR count). The van der Waals surface area contributed by atoms with Crippen molar-refractivity contribution in [2.45, 2.75) is 33.1 Å². The second-order valence-corrected chi connectivity index (χ2v) is 10.3. The fraction of sp³-hybridized carbons (Fsp3) is 0.135. The van der Waals surface area contributed by atoms with E-state index in [1.807, 2.05) is 0 Å². The molecule has 0 spiro atoms. The Hall–Kier alpha value is -3.19. The van der Waals surface area contributed by atoms with E-state index in [-0.39, 0.29) is 42.0 Å². The van der Waals surface area contributed by atoms with Crippen LogP contribution < -0.4 is 0 Å². The molecule has 38 heavy (non-hydrogen) atoms. The quantitative estimate of drug-likeness (QED) is 0.158. The van der Waals surface area contributed by atoms with E-state index in [1.165, 1.54) is 66.1 Å². The third-order valence-electron chi connectivity index (χ3n) is 7.65. The molecule has 0 saturated carbocycles. The molecule has 0 fully saturated rings. The van der Waals surface area contributed by atoms with E-state index in [0.717, 1.165) is 0 Å². The Kier molecular flexibility index (Phi) is 8.72. The zero-order chi connectivity index (χ0) is 24.2. The molecule has 6 aromatic carbocycles. The summed E-state index contributed by atoms with van der Waals surface area (Å²) < 4.78 is 0. The Labute approximate surface area is 244 Å². The molecule has 0 unspecified atom stereocenters. The summed E-state index contributed by atoms with van der Waals surface area (Å²) in [7, 11) is 0. The van der Waals surface area contributed by atoms with Gasteiger partial charge in [0, 0.05) is 0 Å². The Morgan fingerprint density at radius 2 is 0.868 bits per heavy atom. The third-order valence-corrected chi connectivity index (χ3v) is 7.65. The Morgan fingerprint density at radius 3 is 1.24 bits per heavy atom. The van der Waals surface area contributed by atoms with Gasteiger partial charge in [0.25, 0.3) is 0 Å². The van der Waals surface area contributed by atoms with Crippen molar-refractivity contribution in [3.05, 3.63) is 146 Å². The predicted molar refractivity (Wildman–Crippen MR) is 164 cm³/mol. The molecule has 0 aliphatic heterocycles. The first-order chi connectivity index (χ1) is 17.0. The Morgan fingerprint density at radius 1 is 0.500 bits per heavy atom. The zero-order valence-electron chi connectivity index (χ0n) is 23.4. The van der Waals surface area contributed by atoms with Crippen LogP contribution >= 0.6 is 0 Å². The summed E-state index contributed by atoms with van der Waals surface area (Å²) in [5.41, 5.74) is 10.6. The normalized spacial score (nSPS) is 11.1. The maximum absolute atomic E-state index is 2.42. The molecule has 6 aromatic rings. The van der Waals surface area contributed by atoms with Crippen molar-refractivity contribution in [3.63, 3.8) is 0 Å². The van der Waals surface area contributed by atoms with Gasteiger partial charge in [-0.2, -0.15) is 0 Å². The molecule has 0 bridgehead atoms. The number of hydrogen-bond acceptors (Lipinski definition) is 0. The van der Waals surface area contributed by atoms with E-state index < -0.39 is 0 Å².